The molecule has 0 unspecified atom stereocenters. The Morgan fingerprint density at radius 2 is 2.04 bits per heavy atom. The van der Waals surface area contributed by atoms with E-state index in [9.17, 15) is 4.79 Å². The molecule has 1 heterocycles. The number of carbonyl (C=O) groups is 1. The zero-order chi connectivity index (χ0) is 20.1. The standard InChI is InChI=1S/C21H18BrClN2O3/c1-25-12-16(11-24-25)19(26)6-3-14-4-7-20(27-2)15(9-14)13-28-21-8-5-17(23)10-18(21)22/h3-12H,13H2,1-2H3/b6-3+. The quantitative estimate of drug-likeness (QED) is 0.353. The average Bonchev–Trinajstić information content (AvgIpc) is 3.12. The Kier molecular flexibility index (Phi) is 6.54. The SMILES string of the molecule is COc1ccc(/C=C/C(=O)c2cnn(C)c2)cc1COc1ccc(Cl)cc1Br. The minimum atomic E-state index is -0.105. The molecule has 1 aromatic heterocycles. The number of ketones is 1. The van der Waals surface area contributed by atoms with Gasteiger partial charge in [-0.3, -0.25) is 9.48 Å². The molecule has 3 aromatic rings. The van der Waals surface area contributed by atoms with E-state index in [1.807, 2.05) is 18.2 Å². The molecular formula is C21H18BrClN2O3. The van der Waals surface area contributed by atoms with Gasteiger partial charge in [-0.25, -0.2) is 0 Å². The van der Waals surface area contributed by atoms with Crippen LogP contribution in [0.4, 0.5) is 0 Å². The van der Waals surface area contributed by atoms with E-state index >= 15 is 0 Å². The van der Waals surface area contributed by atoms with E-state index in [0.29, 0.717) is 28.7 Å². The first kappa shape index (κ1) is 20.2. The summed E-state index contributed by atoms with van der Waals surface area (Å²) in [6.45, 7) is 0.307. The van der Waals surface area contributed by atoms with Gasteiger partial charge in [-0.15, -0.1) is 0 Å². The van der Waals surface area contributed by atoms with Crippen molar-refractivity contribution in [3.63, 3.8) is 0 Å². The second-order valence-electron chi connectivity index (χ2n) is 6.03. The first-order valence-electron chi connectivity index (χ1n) is 8.42. The highest BCUT2D eigenvalue weighted by Gasteiger charge is 2.08. The predicted octanol–water partition coefficient (Wildman–Crippen LogP) is 5.32. The lowest BCUT2D eigenvalue weighted by Crippen LogP contribution is -2.00. The van der Waals surface area contributed by atoms with E-state index in [1.54, 1.807) is 55.5 Å². The molecule has 28 heavy (non-hydrogen) atoms. The zero-order valence-corrected chi connectivity index (χ0v) is 17.7. The second kappa shape index (κ2) is 9.08. The number of allylic oxidation sites excluding steroid dienone is 1. The summed E-state index contributed by atoms with van der Waals surface area (Å²) in [5.41, 5.74) is 2.27. The predicted molar refractivity (Wildman–Crippen MR) is 113 cm³/mol. The van der Waals surface area contributed by atoms with Crippen LogP contribution < -0.4 is 9.47 Å². The number of rotatable bonds is 7. The van der Waals surface area contributed by atoms with Crippen LogP contribution in [0.5, 0.6) is 11.5 Å². The Morgan fingerprint density at radius 3 is 2.71 bits per heavy atom. The molecule has 0 N–H and O–H groups in total. The Morgan fingerprint density at radius 1 is 1.25 bits per heavy atom. The summed E-state index contributed by atoms with van der Waals surface area (Å²) in [6, 6.07) is 11.0. The fourth-order valence-corrected chi connectivity index (χ4v) is 3.38. The molecule has 0 aliphatic rings. The van der Waals surface area contributed by atoms with Crippen molar-refractivity contribution in [2.24, 2.45) is 7.05 Å². The van der Waals surface area contributed by atoms with E-state index < -0.39 is 0 Å². The van der Waals surface area contributed by atoms with Crippen molar-refractivity contribution in [1.82, 2.24) is 9.78 Å². The van der Waals surface area contributed by atoms with Gasteiger partial charge in [-0.2, -0.15) is 5.10 Å². The topological polar surface area (TPSA) is 53.3 Å². The van der Waals surface area contributed by atoms with Gasteiger partial charge in [0.05, 0.1) is 23.3 Å². The number of aromatic nitrogens is 2. The molecule has 0 atom stereocenters. The number of hydrogen-bond acceptors (Lipinski definition) is 4. The normalized spacial score (nSPS) is 11.0. The van der Waals surface area contributed by atoms with Crippen molar-refractivity contribution in [1.29, 1.82) is 0 Å². The Hall–Kier alpha value is -2.57. The van der Waals surface area contributed by atoms with Crippen LogP contribution >= 0.6 is 27.5 Å². The van der Waals surface area contributed by atoms with Crippen molar-refractivity contribution >= 4 is 39.4 Å². The summed E-state index contributed by atoms with van der Waals surface area (Å²) >= 11 is 9.40. The van der Waals surface area contributed by atoms with Gasteiger partial charge in [-0.05, 0) is 57.9 Å². The van der Waals surface area contributed by atoms with Gasteiger partial charge < -0.3 is 9.47 Å². The van der Waals surface area contributed by atoms with Crippen molar-refractivity contribution in [3.8, 4) is 11.5 Å². The van der Waals surface area contributed by atoms with Crippen molar-refractivity contribution < 1.29 is 14.3 Å². The number of methoxy groups -OCH3 is 1. The van der Waals surface area contributed by atoms with Gasteiger partial charge in [0.1, 0.15) is 18.1 Å². The van der Waals surface area contributed by atoms with Gasteiger partial charge in [0.15, 0.2) is 5.78 Å². The number of aryl methyl sites for hydroxylation is 1. The summed E-state index contributed by atoms with van der Waals surface area (Å²) in [7, 11) is 3.38. The fourth-order valence-electron chi connectivity index (χ4n) is 2.58. The van der Waals surface area contributed by atoms with E-state index in [-0.39, 0.29) is 5.78 Å². The van der Waals surface area contributed by atoms with Crippen LogP contribution in [-0.4, -0.2) is 22.7 Å². The third-order valence-corrected chi connectivity index (χ3v) is 4.85. The number of benzene rings is 2. The molecule has 5 nitrogen and oxygen atoms in total. The lowest BCUT2D eigenvalue weighted by molar-refractivity contribution is 0.104. The van der Waals surface area contributed by atoms with E-state index in [0.717, 1.165) is 15.6 Å². The first-order chi connectivity index (χ1) is 13.5. The van der Waals surface area contributed by atoms with Gasteiger partial charge >= 0.3 is 0 Å². The molecule has 0 bridgehead atoms. The maximum atomic E-state index is 12.2. The van der Waals surface area contributed by atoms with Crippen LogP contribution in [0.1, 0.15) is 21.5 Å². The van der Waals surface area contributed by atoms with Crippen LogP contribution in [0, 0.1) is 0 Å². The molecule has 144 valence electrons. The largest absolute Gasteiger partial charge is 0.496 e. The number of ether oxygens (including phenoxy) is 2. The van der Waals surface area contributed by atoms with Crippen molar-refractivity contribution in [2.45, 2.75) is 6.61 Å². The minimum absolute atomic E-state index is 0.105. The van der Waals surface area contributed by atoms with Crippen molar-refractivity contribution in [2.75, 3.05) is 7.11 Å². The summed E-state index contributed by atoms with van der Waals surface area (Å²) < 4.78 is 13.7. The molecule has 2 aromatic carbocycles. The molecule has 3 rings (SSSR count). The van der Waals surface area contributed by atoms with Crippen LogP contribution in [-0.2, 0) is 13.7 Å². The smallest absolute Gasteiger partial charge is 0.189 e. The molecule has 0 aliphatic heterocycles. The Bertz CT molecular complexity index is 1030. The zero-order valence-electron chi connectivity index (χ0n) is 15.4. The molecule has 0 amide bonds. The van der Waals surface area contributed by atoms with Crippen LogP contribution in [0.3, 0.4) is 0 Å². The number of nitrogens with zero attached hydrogens (tertiary/aromatic N) is 2. The Balaban J connectivity index is 1.75. The lowest BCUT2D eigenvalue weighted by atomic mass is 10.1. The Labute approximate surface area is 176 Å². The van der Waals surface area contributed by atoms with Gasteiger partial charge in [0, 0.05) is 23.8 Å². The number of hydrogen-bond donors (Lipinski definition) is 0. The maximum absolute atomic E-state index is 12.2. The molecule has 7 heteroatoms. The van der Waals surface area contributed by atoms with Gasteiger partial charge in [0.2, 0.25) is 0 Å². The highest BCUT2D eigenvalue weighted by molar-refractivity contribution is 9.10. The highest BCUT2D eigenvalue weighted by atomic mass is 79.9. The molecule has 0 aliphatic carbocycles. The van der Waals surface area contributed by atoms with Crippen LogP contribution in [0.15, 0.2) is 59.3 Å². The molecule has 0 saturated carbocycles. The van der Waals surface area contributed by atoms with Crippen molar-refractivity contribution in [3.05, 3.63) is 81.1 Å². The monoisotopic (exact) mass is 460 g/mol. The van der Waals surface area contributed by atoms with Gasteiger partial charge in [-0.1, -0.05) is 23.7 Å². The number of halogens is 2. The van der Waals surface area contributed by atoms with Crippen LogP contribution in [0.25, 0.3) is 6.08 Å². The average molecular weight is 462 g/mol. The highest BCUT2D eigenvalue weighted by Crippen LogP contribution is 2.30. The molecule has 0 radical (unpaired) electrons. The summed E-state index contributed by atoms with van der Waals surface area (Å²) in [4.78, 5) is 12.2. The molecular weight excluding hydrogens is 444 g/mol. The number of carbonyl (C=O) groups excluding carboxylic acids is 1. The summed E-state index contributed by atoms with van der Waals surface area (Å²) in [6.07, 6.45) is 6.52. The molecule has 0 spiro atoms. The first-order valence-corrected chi connectivity index (χ1v) is 9.59. The second-order valence-corrected chi connectivity index (χ2v) is 7.33. The molecule has 0 saturated heterocycles. The summed E-state index contributed by atoms with van der Waals surface area (Å²) in [5, 5.41) is 4.64. The van der Waals surface area contributed by atoms with E-state index in [2.05, 4.69) is 21.0 Å². The molecule has 0 fully saturated rings. The van der Waals surface area contributed by atoms with E-state index in [4.69, 9.17) is 21.1 Å². The third-order valence-electron chi connectivity index (χ3n) is 4.00. The van der Waals surface area contributed by atoms with Crippen LogP contribution in [0.2, 0.25) is 5.02 Å². The maximum Gasteiger partial charge on any atom is 0.189 e. The fraction of sp³-hybridized carbons (Fsp3) is 0.143. The lowest BCUT2D eigenvalue weighted by Gasteiger charge is -2.12. The van der Waals surface area contributed by atoms with E-state index in [1.165, 1.54) is 6.08 Å². The minimum Gasteiger partial charge on any atom is -0.496 e. The summed E-state index contributed by atoms with van der Waals surface area (Å²) in [5.74, 6) is 1.28. The third kappa shape index (κ3) is 5.03. The van der Waals surface area contributed by atoms with Gasteiger partial charge in [0.25, 0.3) is 0 Å².